The Kier molecular flexibility index (Phi) is 7.99. The Labute approximate surface area is 230 Å². The van der Waals surface area contributed by atoms with Gasteiger partial charge in [0, 0.05) is 31.9 Å². The van der Waals surface area contributed by atoms with Crippen molar-refractivity contribution in [2.45, 2.75) is 46.9 Å². The van der Waals surface area contributed by atoms with Crippen LogP contribution < -0.4 is 0 Å². The van der Waals surface area contributed by atoms with E-state index >= 15 is 0 Å². The van der Waals surface area contributed by atoms with Crippen molar-refractivity contribution in [3.05, 3.63) is 65.5 Å². The predicted molar refractivity (Wildman–Crippen MR) is 128 cm³/mol. The number of aliphatic hydroxyl groups is 2. The molecule has 2 aromatic rings. The van der Waals surface area contributed by atoms with Crippen LogP contribution in [0.25, 0.3) is 0 Å². The van der Waals surface area contributed by atoms with Gasteiger partial charge in [-0.25, -0.2) is 12.8 Å². The SMILES string of the molecule is O=C(N1CC[C@](c2ccc(C(O)(C(F)(F)F)C(F)(F)F)cc2)(S(=O)(=O)c2ccc(F)cc2)C1)C1(CO)CCOCC1. The van der Waals surface area contributed by atoms with Crippen LogP contribution in [-0.2, 0) is 29.7 Å². The summed E-state index contributed by atoms with van der Waals surface area (Å²) in [7, 11) is -4.55. The Bertz CT molecular complexity index is 1360. The molecule has 226 valence electrons. The van der Waals surface area contributed by atoms with E-state index < -0.39 is 68.4 Å². The first-order valence-corrected chi connectivity index (χ1v) is 13.9. The zero-order valence-corrected chi connectivity index (χ0v) is 22.1. The zero-order valence-electron chi connectivity index (χ0n) is 21.3. The molecule has 2 saturated heterocycles. The highest BCUT2D eigenvalue weighted by molar-refractivity contribution is 7.92. The molecule has 2 fully saturated rings. The topological polar surface area (TPSA) is 104 Å². The normalized spacial score (nSPS) is 22.1. The Morgan fingerprint density at radius 1 is 0.902 bits per heavy atom. The number of halogens is 7. The van der Waals surface area contributed by atoms with Crippen molar-refractivity contribution in [3.8, 4) is 0 Å². The van der Waals surface area contributed by atoms with E-state index in [-0.39, 0.29) is 49.5 Å². The van der Waals surface area contributed by atoms with E-state index in [1.54, 1.807) is 0 Å². The van der Waals surface area contributed by atoms with Crippen LogP contribution in [0, 0.1) is 11.2 Å². The Morgan fingerprint density at radius 2 is 1.44 bits per heavy atom. The summed E-state index contributed by atoms with van der Waals surface area (Å²) in [4.78, 5) is 14.4. The van der Waals surface area contributed by atoms with Gasteiger partial charge < -0.3 is 19.8 Å². The first-order chi connectivity index (χ1) is 19.0. The van der Waals surface area contributed by atoms with Crippen molar-refractivity contribution in [1.29, 1.82) is 0 Å². The minimum absolute atomic E-state index is 0.151. The van der Waals surface area contributed by atoms with Crippen molar-refractivity contribution in [1.82, 2.24) is 4.90 Å². The van der Waals surface area contributed by atoms with Gasteiger partial charge >= 0.3 is 12.4 Å². The molecule has 15 heteroatoms. The number of ether oxygens (including phenoxy) is 1. The number of rotatable bonds is 6. The highest BCUT2D eigenvalue weighted by Crippen LogP contribution is 2.51. The smallest absolute Gasteiger partial charge is 0.395 e. The van der Waals surface area contributed by atoms with Crippen LogP contribution in [0.15, 0.2) is 53.4 Å². The average molecular weight is 614 g/mol. The number of nitrogens with zero attached hydrogens (tertiary/aromatic N) is 1. The number of benzene rings is 2. The molecule has 2 heterocycles. The van der Waals surface area contributed by atoms with E-state index in [9.17, 15) is 54.2 Å². The summed E-state index contributed by atoms with van der Waals surface area (Å²) < 4.78 is 125. The van der Waals surface area contributed by atoms with E-state index in [0.29, 0.717) is 12.1 Å². The molecular formula is C26H26F7NO6S. The molecular weight excluding hydrogens is 587 g/mol. The first-order valence-electron chi connectivity index (χ1n) is 12.4. The molecule has 4 rings (SSSR count). The number of amides is 1. The lowest BCUT2D eigenvalue weighted by Gasteiger charge is -2.38. The van der Waals surface area contributed by atoms with Gasteiger partial charge in [0.05, 0.1) is 16.9 Å². The van der Waals surface area contributed by atoms with Gasteiger partial charge in [0.25, 0.3) is 5.60 Å². The molecule has 1 atom stereocenters. The lowest BCUT2D eigenvalue weighted by molar-refractivity contribution is -0.376. The van der Waals surface area contributed by atoms with Crippen molar-refractivity contribution < 1.29 is 58.9 Å². The number of likely N-dealkylation sites (tertiary alicyclic amines) is 1. The second-order valence-electron chi connectivity index (χ2n) is 10.3. The summed E-state index contributed by atoms with van der Waals surface area (Å²) in [6.45, 7) is -0.926. The Balaban J connectivity index is 1.82. The zero-order chi connectivity index (χ0) is 30.5. The summed E-state index contributed by atoms with van der Waals surface area (Å²) in [5.41, 5.74) is -8.30. The number of hydrogen-bond acceptors (Lipinski definition) is 6. The van der Waals surface area contributed by atoms with E-state index in [1.807, 2.05) is 0 Å². The Morgan fingerprint density at radius 3 is 1.93 bits per heavy atom. The number of hydrogen-bond donors (Lipinski definition) is 2. The molecule has 0 saturated carbocycles. The molecule has 7 nitrogen and oxygen atoms in total. The molecule has 0 aliphatic carbocycles. The Hall–Kier alpha value is -2.75. The van der Waals surface area contributed by atoms with Gasteiger partial charge in [-0.3, -0.25) is 4.79 Å². The monoisotopic (exact) mass is 613 g/mol. The van der Waals surface area contributed by atoms with Gasteiger partial charge in [-0.05, 0) is 49.1 Å². The van der Waals surface area contributed by atoms with Gasteiger partial charge in [0.1, 0.15) is 10.6 Å². The standard InChI is InChI=1S/C26H26F7NO6S/c27-19-5-7-20(8-6-19)41(38,39)23(9-12-34(15-23)21(36)22(16-35)10-13-40-14-11-22)17-1-3-18(4-2-17)24(37,25(28,29)30)26(31,32)33/h1-8,35,37H,9-16H2/t23-/m0/s1. The minimum atomic E-state index is -6.15. The maximum absolute atomic E-state index is 14.0. The molecule has 1 amide bonds. The summed E-state index contributed by atoms with van der Waals surface area (Å²) in [6.07, 6.45) is -12.3. The molecule has 2 aliphatic heterocycles. The molecule has 0 bridgehead atoms. The van der Waals surface area contributed by atoms with Gasteiger partial charge in [0.2, 0.25) is 5.91 Å². The fourth-order valence-electron chi connectivity index (χ4n) is 5.45. The van der Waals surface area contributed by atoms with Crippen LogP contribution >= 0.6 is 0 Å². The number of alkyl halides is 6. The molecule has 2 aromatic carbocycles. The number of sulfone groups is 1. The maximum Gasteiger partial charge on any atom is 0.430 e. The van der Waals surface area contributed by atoms with E-state index in [2.05, 4.69) is 0 Å². The second-order valence-corrected chi connectivity index (χ2v) is 12.5. The molecule has 2 aliphatic rings. The fraction of sp³-hybridized carbons (Fsp3) is 0.500. The largest absolute Gasteiger partial charge is 0.430 e. The molecule has 0 unspecified atom stereocenters. The van der Waals surface area contributed by atoms with E-state index in [0.717, 1.165) is 36.4 Å². The van der Waals surface area contributed by atoms with E-state index in [4.69, 9.17) is 4.74 Å². The predicted octanol–water partition coefficient (Wildman–Crippen LogP) is 3.83. The third-order valence-electron chi connectivity index (χ3n) is 8.01. The van der Waals surface area contributed by atoms with Crippen LogP contribution in [0.5, 0.6) is 0 Å². The van der Waals surface area contributed by atoms with Gasteiger partial charge in [-0.2, -0.15) is 26.3 Å². The number of aliphatic hydroxyl groups excluding tert-OH is 1. The molecule has 41 heavy (non-hydrogen) atoms. The van der Waals surface area contributed by atoms with Gasteiger partial charge in [-0.15, -0.1) is 0 Å². The van der Waals surface area contributed by atoms with Crippen molar-refractivity contribution in [2.75, 3.05) is 32.9 Å². The fourth-order valence-corrected chi connectivity index (χ4v) is 7.52. The van der Waals surface area contributed by atoms with Crippen LogP contribution in [0.1, 0.15) is 30.4 Å². The van der Waals surface area contributed by atoms with Crippen LogP contribution in [0.2, 0.25) is 0 Å². The van der Waals surface area contributed by atoms with Crippen LogP contribution in [0.3, 0.4) is 0 Å². The number of carbonyl (C=O) groups is 1. The van der Waals surface area contributed by atoms with Gasteiger partial charge in [-0.1, -0.05) is 24.3 Å². The highest BCUT2D eigenvalue weighted by Gasteiger charge is 2.71. The first kappa shape index (κ1) is 31.2. The maximum atomic E-state index is 14.0. The van der Waals surface area contributed by atoms with Gasteiger partial charge in [0.15, 0.2) is 9.84 Å². The molecule has 2 N–H and O–H groups in total. The summed E-state index contributed by atoms with van der Waals surface area (Å²) >= 11 is 0. The quantitative estimate of drug-likeness (QED) is 0.380. The highest BCUT2D eigenvalue weighted by atomic mass is 32.2. The minimum Gasteiger partial charge on any atom is -0.395 e. The average Bonchev–Trinajstić information content (AvgIpc) is 3.39. The van der Waals surface area contributed by atoms with Crippen molar-refractivity contribution in [3.63, 3.8) is 0 Å². The summed E-state index contributed by atoms with van der Waals surface area (Å²) in [6, 6.07) is 5.84. The third kappa shape index (κ3) is 5.00. The van der Waals surface area contributed by atoms with E-state index in [1.165, 1.54) is 4.90 Å². The molecule has 0 aromatic heterocycles. The van der Waals surface area contributed by atoms with Crippen LogP contribution in [0.4, 0.5) is 30.7 Å². The second kappa shape index (κ2) is 10.5. The molecule has 0 radical (unpaired) electrons. The lowest BCUT2D eigenvalue weighted by atomic mass is 9.79. The summed E-state index contributed by atoms with van der Waals surface area (Å²) in [5, 5.41) is 19.8. The number of carbonyl (C=O) groups excluding carboxylic acids is 1. The third-order valence-corrected chi connectivity index (χ3v) is 10.5. The lowest BCUT2D eigenvalue weighted by Crippen LogP contribution is -2.54. The van der Waals surface area contributed by atoms with Crippen molar-refractivity contribution >= 4 is 15.7 Å². The molecule has 0 spiro atoms. The van der Waals surface area contributed by atoms with Crippen molar-refractivity contribution in [2.24, 2.45) is 5.41 Å². The van der Waals surface area contributed by atoms with Crippen LogP contribution in [-0.4, -0.2) is 74.7 Å². The summed E-state index contributed by atoms with van der Waals surface area (Å²) in [5.74, 6) is -1.33.